The Morgan fingerprint density at radius 1 is 1.00 bits per heavy atom. The first-order valence-corrected chi connectivity index (χ1v) is 10.1. The van der Waals surface area contributed by atoms with Crippen LogP contribution < -0.4 is 5.32 Å². The Balaban J connectivity index is 1.42. The van der Waals surface area contributed by atoms with Crippen LogP contribution in [-0.2, 0) is 9.53 Å². The lowest BCUT2D eigenvalue weighted by Gasteiger charge is -2.01. The quantitative estimate of drug-likeness (QED) is 0.351. The van der Waals surface area contributed by atoms with E-state index in [-0.39, 0.29) is 5.91 Å². The lowest BCUT2D eigenvalue weighted by molar-refractivity contribution is -0.111. The zero-order valence-electron chi connectivity index (χ0n) is 16.2. The Morgan fingerprint density at radius 3 is 2.53 bits per heavy atom. The molecular formula is C24H18N2O3S. The zero-order valence-corrected chi connectivity index (χ0v) is 17.0. The molecular weight excluding hydrogens is 396 g/mol. The van der Waals surface area contributed by atoms with Crippen molar-refractivity contribution >= 4 is 45.2 Å². The Kier molecular flexibility index (Phi) is 5.68. The van der Waals surface area contributed by atoms with E-state index in [9.17, 15) is 9.59 Å². The summed E-state index contributed by atoms with van der Waals surface area (Å²) in [4.78, 5) is 28.2. The maximum atomic E-state index is 12.2. The van der Waals surface area contributed by atoms with E-state index in [2.05, 4.69) is 39.3 Å². The molecule has 0 unspecified atom stereocenters. The van der Waals surface area contributed by atoms with E-state index in [1.807, 2.05) is 23.6 Å². The second-order valence-electron chi connectivity index (χ2n) is 6.54. The Morgan fingerprint density at radius 2 is 1.77 bits per heavy atom. The van der Waals surface area contributed by atoms with Crippen molar-refractivity contribution in [1.29, 1.82) is 0 Å². The van der Waals surface area contributed by atoms with Gasteiger partial charge in [-0.1, -0.05) is 48.5 Å². The molecule has 6 heteroatoms. The second kappa shape index (κ2) is 8.71. The van der Waals surface area contributed by atoms with Gasteiger partial charge in [-0.25, -0.2) is 9.78 Å². The third kappa shape index (κ3) is 4.45. The number of fused-ring (bicyclic) bond motifs is 1. The zero-order chi connectivity index (χ0) is 20.9. The fourth-order valence-electron chi connectivity index (χ4n) is 2.98. The summed E-state index contributed by atoms with van der Waals surface area (Å²) in [5, 5.41) is 7.57. The Hall–Kier alpha value is -3.77. The molecule has 0 radical (unpaired) electrons. The molecule has 3 aromatic carbocycles. The molecule has 4 aromatic rings. The minimum atomic E-state index is -0.394. The van der Waals surface area contributed by atoms with Gasteiger partial charge in [0.1, 0.15) is 0 Å². The first-order chi connectivity index (χ1) is 14.6. The maximum Gasteiger partial charge on any atom is 0.337 e. The van der Waals surface area contributed by atoms with E-state index in [0.29, 0.717) is 10.7 Å². The number of rotatable bonds is 5. The molecule has 0 saturated carbocycles. The molecule has 0 aliphatic heterocycles. The summed E-state index contributed by atoms with van der Waals surface area (Å²) in [7, 11) is 1.34. The van der Waals surface area contributed by atoms with E-state index in [4.69, 9.17) is 0 Å². The summed E-state index contributed by atoms with van der Waals surface area (Å²) >= 11 is 1.38. The van der Waals surface area contributed by atoms with Crippen LogP contribution in [0.3, 0.4) is 0 Å². The van der Waals surface area contributed by atoms with Crippen molar-refractivity contribution in [1.82, 2.24) is 4.98 Å². The van der Waals surface area contributed by atoms with Crippen molar-refractivity contribution in [3.8, 4) is 11.3 Å². The van der Waals surface area contributed by atoms with Gasteiger partial charge >= 0.3 is 5.97 Å². The van der Waals surface area contributed by atoms with Gasteiger partial charge < -0.3 is 4.74 Å². The average Bonchev–Trinajstić information content (AvgIpc) is 3.25. The van der Waals surface area contributed by atoms with Gasteiger partial charge in [0.2, 0.25) is 5.91 Å². The van der Waals surface area contributed by atoms with Gasteiger partial charge in [0, 0.05) is 17.0 Å². The molecule has 4 rings (SSSR count). The third-order valence-corrected chi connectivity index (χ3v) is 5.30. The van der Waals surface area contributed by atoms with Gasteiger partial charge in [0.15, 0.2) is 5.13 Å². The number of carbonyl (C=O) groups excluding carboxylic acids is 2. The summed E-state index contributed by atoms with van der Waals surface area (Å²) in [6.07, 6.45) is 3.11. The van der Waals surface area contributed by atoms with E-state index < -0.39 is 5.97 Å². The molecule has 0 spiro atoms. The number of nitrogens with zero attached hydrogens (tertiary/aromatic N) is 1. The van der Waals surface area contributed by atoms with Gasteiger partial charge in [0.25, 0.3) is 0 Å². The van der Waals surface area contributed by atoms with Crippen molar-refractivity contribution in [2.45, 2.75) is 0 Å². The smallest absolute Gasteiger partial charge is 0.337 e. The third-order valence-electron chi connectivity index (χ3n) is 4.54. The van der Waals surface area contributed by atoms with Crippen LogP contribution in [-0.4, -0.2) is 24.0 Å². The lowest BCUT2D eigenvalue weighted by Crippen LogP contribution is -2.07. The summed E-state index contributed by atoms with van der Waals surface area (Å²) in [6, 6.07) is 21.1. The molecule has 30 heavy (non-hydrogen) atoms. The highest BCUT2D eigenvalue weighted by Gasteiger charge is 2.08. The molecule has 1 N–H and O–H groups in total. The van der Waals surface area contributed by atoms with Crippen LogP contribution in [0.25, 0.3) is 28.1 Å². The van der Waals surface area contributed by atoms with Crippen LogP contribution in [0.5, 0.6) is 0 Å². The first-order valence-electron chi connectivity index (χ1n) is 9.24. The van der Waals surface area contributed by atoms with Gasteiger partial charge in [-0.3, -0.25) is 10.1 Å². The molecule has 0 aliphatic rings. The van der Waals surface area contributed by atoms with Crippen LogP contribution in [0.15, 0.2) is 78.2 Å². The summed E-state index contributed by atoms with van der Waals surface area (Å²) in [5.74, 6) is -0.666. The number of aromatic nitrogens is 1. The van der Waals surface area contributed by atoms with Crippen LogP contribution in [0, 0.1) is 0 Å². The average molecular weight is 414 g/mol. The first kappa shape index (κ1) is 19.5. The van der Waals surface area contributed by atoms with Crippen molar-refractivity contribution in [3.63, 3.8) is 0 Å². The number of amides is 1. The van der Waals surface area contributed by atoms with Crippen molar-refractivity contribution in [3.05, 3.63) is 89.3 Å². The fraction of sp³-hybridized carbons (Fsp3) is 0.0417. The van der Waals surface area contributed by atoms with E-state index in [1.54, 1.807) is 30.3 Å². The van der Waals surface area contributed by atoms with Crippen LogP contribution >= 0.6 is 11.3 Å². The molecule has 1 heterocycles. The number of benzene rings is 3. The molecule has 0 aliphatic carbocycles. The predicted molar refractivity (Wildman–Crippen MR) is 121 cm³/mol. The van der Waals surface area contributed by atoms with E-state index >= 15 is 0 Å². The van der Waals surface area contributed by atoms with Crippen molar-refractivity contribution in [2.75, 3.05) is 12.4 Å². The number of ether oxygens (including phenoxy) is 1. The van der Waals surface area contributed by atoms with Gasteiger partial charge in [0.05, 0.1) is 18.4 Å². The highest BCUT2D eigenvalue weighted by molar-refractivity contribution is 7.14. The standard InChI is InChI=1S/C24H18N2O3S/c1-29-23(28)18-9-6-16(7-10-18)8-13-22(27)26-24-25-21(15-30-24)20-12-11-17-4-2-3-5-19(17)14-20/h2-15H,1H3,(H,25,26,27)/b13-8+. The largest absolute Gasteiger partial charge is 0.465 e. The number of anilines is 1. The lowest BCUT2D eigenvalue weighted by atomic mass is 10.1. The topological polar surface area (TPSA) is 68.3 Å². The van der Waals surface area contributed by atoms with Gasteiger partial charge in [-0.2, -0.15) is 0 Å². The number of hydrogen-bond acceptors (Lipinski definition) is 5. The summed E-state index contributed by atoms with van der Waals surface area (Å²) in [5.41, 5.74) is 3.09. The van der Waals surface area contributed by atoms with Crippen LogP contribution in [0.2, 0.25) is 0 Å². The van der Waals surface area contributed by atoms with Crippen molar-refractivity contribution in [2.24, 2.45) is 0 Å². The molecule has 0 bridgehead atoms. The normalized spacial score (nSPS) is 11.0. The molecule has 0 atom stereocenters. The monoisotopic (exact) mass is 414 g/mol. The molecule has 5 nitrogen and oxygen atoms in total. The summed E-state index contributed by atoms with van der Waals surface area (Å²) in [6.45, 7) is 0. The Bertz CT molecular complexity index is 1240. The number of esters is 1. The second-order valence-corrected chi connectivity index (χ2v) is 7.39. The van der Waals surface area contributed by atoms with E-state index in [0.717, 1.165) is 22.2 Å². The van der Waals surface area contributed by atoms with Crippen molar-refractivity contribution < 1.29 is 14.3 Å². The number of carbonyl (C=O) groups is 2. The highest BCUT2D eigenvalue weighted by atomic mass is 32.1. The highest BCUT2D eigenvalue weighted by Crippen LogP contribution is 2.27. The predicted octanol–water partition coefficient (Wildman–Crippen LogP) is 5.40. The minimum absolute atomic E-state index is 0.272. The maximum absolute atomic E-state index is 12.2. The summed E-state index contributed by atoms with van der Waals surface area (Å²) < 4.78 is 4.67. The number of methoxy groups -OCH3 is 1. The van der Waals surface area contributed by atoms with Gasteiger partial charge in [-0.15, -0.1) is 11.3 Å². The van der Waals surface area contributed by atoms with Crippen LogP contribution in [0.1, 0.15) is 15.9 Å². The number of hydrogen-bond donors (Lipinski definition) is 1. The van der Waals surface area contributed by atoms with E-state index in [1.165, 1.54) is 29.9 Å². The SMILES string of the molecule is COC(=O)c1ccc(/C=C/C(=O)Nc2nc(-c3ccc4ccccc4c3)cs2)cc1. The molecule has 148 valence electrons. The molecule has 1 aromatic heterocycles. The molecule has 0 saturated heterocycles. The minimum Gasteiger partial charge on any atom is -0.465 e. The number of nitrogens with one attached hydrogen (secondary N) is 1. The molecule has 0 fully saturated rings. The fourth-order valence-corrected chi connectivity index (χ4v) is 3.70. The Labute approximate surface area is 177 Å². The van der Waals surface area contributed by atoms with Crippen LogP contribution in [0.4, 0.5) is 5.13 Å². The number of thiazole rings is 1. The van der Waals surface area contributed by atoms with Gasteiger partial charge in [-0.05, 0) is 40.6 Å². The molecule has 1 amide bonds.